The molecule has 1 fully saturated rings. The predicted octanol–water partition coefficient (Wildman–Crippen LogP) is 2.95. The quantitative estimate of drug-likeness (QED) is 0.862. The van der Waals surface area contributed by atoms with Crippen molar-refractivity contribution >= 4 is 23.2 Å². The molecule has 1 unspecified atom stereocenters. The van der Waals surface area contributed by atoms with Gasteiger partial charge in [-0.2, -0.15) is 0 Å². The number of hydrogen-bond acceptors (Lipinski definition) is 4. The van der Waals surface area contributed by atoms with Gasteiger partial charge in [0.2, 0.25) is 5.91 Å². The minimum Gasteiger partial charge on any atom is -0.378 e. The van der Waals surface area contributed by atoms with E-state index in [1.165, 1.54) is 16.0 Å². The largest absolute Gasteiger partial charge is 0.378 e. The summed E-state index contributed by atoms with van der Waals surface area (Å²) >= 11 is 1.60. The molecule has 0 radical (unpaired) electrons. The van der Waals surface area contributed by atoms with Crippen LogP contribution in [-0.4, -0.2) is 43.0 Å². The molecule has 5 nitrogen and oxygen atoms in total. The van der Waals surface area contributed by atoms with Crippen LogP contribution in [0.2, 0.25) is 0 Å². The number of aryl methyl sites for hydroxylation is 2. The molecule has 0 bridgehead atoms. The van der Waals surface area contributed by atoms with E-state index in [0.29, 0.717) is 32.8 Å². The van der Waals surface area contributed by atoms with Gasteiger partial charge < -0.3 is 15.0 Å². The number of carbonyl (C=O) groups is 2. The molecule has 2 aromatic rings. The third-order valence-corrected chi connectivity index (χ3v) is 6.78. The molecule has 1 aliphatic carbocycles. The fourth-order valence-electron chi connectivity index (χ4n) is 3.81. The van der Waals surface area contributed by atoms with Gasteiger partial charge in [0.05, 0.1) is 18.1 Å². The molecule has 148 valence electrons. The minimum atomic E-state index is -0.0149. The summed E-state index contributed by atoms with van der Waals surface area (Å²) in [5.74, 6) is 0.195. The molecule has 1 aliphatic heterocycles. The number of morpholine rings is 1. The summed E-state index contributed by atoms with van der Waals surface area (Å²) in [4.78, 5) is 29.3. The summed E-state index contributed by atoms with van der Waals surface area (Å²) in [6, 6.07) is 10.2. The van der Waals surface area contributed by atoms with Crippen molar-refractivity contribution in [2.45, 2.75) is 32.7 Å². The van der Waals surface area contributed by atoms with E-state index in [1.54, 1.807) is 11.3 Å². The Morgan fingerprint density at radius 3 is 2.71 bits per heavy atom. The van der Waals surface area contributed by atoms with Gasteiger partial charge in [-0.1, -0.05) is 29.8 Å². The average Bonchev–Trinajstić information content (AvgIpc) is 3.16. The standard InChI is InChI=1S/C22H26N2O3S/c1-15-2-4-16(5-3-15)14-23-21(25)17-6-7-19-18(12-17)13-20(28-19)22(26)24-8-10-27-11-9-24/h2-5,13,17H,6-12,14H2,1H3,(H,23,25). The molecule has 1 atom stereocenters. The smallest absolute Gasteiger partial charge is 0.264 e. The average molecular weight is 399 g/mol. The molecule has 6 heteroatoms. The Kier molecular flexibility index (Phi) is 5.78. The fourth-order valence-corrected chi connectivity index (χ4v) is 4.99. The molecule has 1 aromatic heterocycles. The minimum absolute atomic E-state index is 0.0149. The molecule has 0 saturated carbocycles. The maximum Gasteiger partial charge on any atom is 0.264 e. The van der Waals surface area contributed by atoms with Crippen molar-refractivity contribution < 1.29 is 14.3 Å². The summed E-state index contributed by atoms with van der Waals surface area (Å²) in [6.07, 6.45) is 2.44. The molecule has 1 saturated heterocycles. The van der Waals surface area contributed by atoms with Crippen LogP contribution >= 0.6 is 11.3 Å². The highest BCUT2D eigenvalue weighted by molar-refractivity contribution is 7.14. The highest BCUT2D eigenvalue weighted by atomic mass is 32.1. The molecule has 28 heavy (non-hydrogen) atoms. The lowest BCUT2D eigenvalue weighted by molar-refractivity contribution is -0.125. The first-order valence-corrected chi connectivity index (χ1v) is 10.7. The van der Waals surface area contributed by atoms with Gasteiger partial charge in [-0.25, -0.2) is 0 Å². The Balaban J connectivity index is 1.36. The molecular formula is C22H26N2O3S. The van der Waals surface area contributed by atoms with Crippen LogP contribution in [0.5, 0.6) is 0 Å². The van der Waals surface area contributed by atoms with E-state index in [4.69, 9.17) is 4.74 Å². The molecule has 2 heterocycles. The Labute approximate surface area is 169 Å². The van der Waals surface area contributed by atoms with Gasteiger partial charge in [-0.05, 0) is 43.4 Å². The maximum atomic E-state index is 12.7. The molecule has 1 aromatic carbocycles. The molecular weight excluding hydrogens is 372 g/mol. The lowest BCUT2D eigenvalue weighted by atomic mass is 9.87. The van der Waals surface area contributed by atoms with Crippen LogP contribution < -0.4 is 5.32 Å². The van der Waals surface area contributed by atoms with Crippen molar-refractivity contribution in [1.82, 2.24) is 10.2 Å². The second kappa shape index (κ2) is 8.45. The zero-order valence-corrected chi connectivity index (χ0v) is 17.0. The molecule has 4 rings (SSSR count). The van der Waals surface area contributed by atoms with Crippen LogP contribution in [0.25, 0.3) is 0 Å². The third-order valence-electron chi connectivity index (χ3n) is 5.55. The Morgan fingerprint density at radius 2 is 1.96 bits per heavy atom. The number of thiophene rings is 1. The van der Waals surface area contributed by atoms with E-state index in [2.05, 4.69) is 36.5 Å². The van der Waals surface area contributed by atoms with Gasteiger partial charge in [0.25, 0.3) is 5.91 Å². The summed E-state index contributed by atoms with van der Waals surface area (Å²) in [7, 11) is 0. The highest BCUT2D eigenvalue weighted by Gasteiger charge is 2.28. The highest BCUT2D eigenvalue weighted by Crippen LogP contribution is 2.33. The van der Waals surface area contributed by atoms with Gasteiger partial charge >= 0.3 is 0 Å². The zero-order valence-electron chi connectivity index (χ0n) is 16.2. The summed E-state index contributed by atoms with van der Waals surface area (Å²) in [5.41, 5.74) is 3.50. The van der Waals surface area contributed by atoms with Crippen molar-refractivity contribution in [1.29, 1.82) is 0 Å². The van der Waals surface area contributed by atoms with Gasteiger partial charge in [-0.3, -0.25) is 9.59 Å². The van der Waals surface area contributed by atoms with Crippen molar-refractivity contribution in [2.75, 3.05) is 26.3 Å². The SMILES string of the molecule is Cc1ccc(CNC(=O)C2CCc3sc(C(=O)N4CCOCC4)cc3C2)cc1. The Hall–Kier alpha value is -2.18. The lowest BCUT2D eigenvalue weighted by Gasteiger charge is -2.26. The van der Waals surface area contributed by atoms with E-state index >= 15 is 0 Å². The lowest BCUT2D eigenvalue weighted by Crippen LogP contribution is -2.40. The van der Waals surface area contributed by atoms with Gasteiger partial charge in [0.1, 0.15) is 0 Å². The third kappa shape index (κ3) is 4.28. The molecule has 2 amide bonds. The maximum absolute atomic E-state index is 12.7. The van der Waals surface area contributed by atoms with Crippen LogP contribution in [0.4, 0.5) is 0 Å². The normalized spacial score (nSPS) is 19.2. The number of nitrogens with zero attached hydrogens (tertiary/aromatic N) is 1. The fraction of sp³-hybridized carbons (Fsp3) is 0.455. The monoisotopic (exact) mass is 398 g/mol. The van der Waals surface area contributed by atoms with Crippen molar-refractivity contribution in [3.8, 4) is 0 Å². The first-order chi connectivity index (χ1) is 13.6. The van der Waals surface area contributed by atoms with E-state index in [1.807, 2.05) is 11.0 Å². The summed E-state index contributed by atoms with van der Waals surface area (Å²) in [5, 5.41) is 3.08. The van der Waals surface area contributed by atoms with Crippen LogP contribution in [0.15, 0.2) is 30.3 Å². The number of nitrogens with one attached hydrogen (secondary N) is 1. The number of hydrogen-bond donors (Lipinski definition) is 1. The van der Waals surface area contributed by atoms with Gasteiger partial charge in [0, 0.05) is 30.4 Å². The number of fused-ring (bicyclic) bond motifs is 1. The van der Waals surface area contributed by atoms with E-state index < -0.39 is 0 Å². The summed E-state index contributed by atoms with van der Waals surface area (Å²) in [6.45, 7) is 5.16. The number of ether oxygens (including phenoxy) is 1. The summed E-state index contributed by atoms with van der Waals surface area (Å²) < 4.78 is 5.33. The Bertz CT molecular complexity index is 853. The van der Waals surface area contributed by atoms with E-state index in [9.17, 15) is 9.59 Å². The van der Waals surface area contributed by atoms with E-state index in [-0.39, 0.29) is 17.7 Å². The number of amides is 2. The number of rotatable bonds is 4. The van der Waals surface area contributed by atoms with Crippen LogP contribution in [0, 0.1) is 12.8 Å². The van der Waals surface area contributed by atoms with Gasteiger partial charge in [0.15, 0.2) is 0 Å². The second-order valence-corrected chi connectivity index (χ2v) is 8.74. The van der Waals surface area contributed by atoms with E-state index in [0.717, 1.165) is 29.7 Å². The number of carbonyl (C=O) groups excluding carboxylic acids is 2. The first-order valence-electron chi connectivity index (χ1n) is 9.92. The molecule has 0 spiro atoms. The molecule has 1 N–H and O–H groups in total. The van der Waals surface area contributed by atoms with Crippen LogP contribution in [-0.2, 0) is 28.9 Å². The van der Waals surface area contributed by atoms with Crippen molar-refractivity contribution in [2.24, 2.45) is 5.92 Å². The van der Waals surface area contributed by atoms with Crippen LogP contribution in [0.3, 0.4) is 0 Å². The topological polar surface area (TPSA) is 58.6 Å². The molecule has 2 aliphatic rings. The van der Waals surface area contributed by atoms with Crippen molar-refractivity contribution in [3.63, 3.8) is 0 Å². The predicted molar refractivity (Wildman–Crippen MR) is 110 cm³/mol. The first kappa shape index (κ1) is 19.2. The second-order valence-electron chi connectivity index (χ2n) is 7.61. The number of benzene rings is 1. The van der Waals surface area contributed by atoms with Crippen LogP contribution in [0.1, 0.15) is 37.7 Å². The van der Waals surface area contributed by atoms with Crippen molar-refractivity contribution in [3.05, 3.63) is 56.8 Å². The zero-order chi connectivity index (χ0) is 19.5. The van der Waals surface area contributed by atoms with Gasteiger partial charge in [-0.15, -0.1) is 11.3 Å². The Morgan fingerprint density at radius 1 is 1.21 bits per heavy atom.